The van der Waals surface area contributed by atoms with Gasteiger partial charge in [-0.2, -0.15) is 8.78 Å². The van der Waals surface area contributed by atoms with Gasteiger partial charge < -0.3 is 28.8 Å². The van der Waals surface area contributed by atoms with Crippen molar-refractivity contribution in [1.29, 1.82) is 0 Å². The Morgan fingerprint density at radius 2 is 1.76 bits per heavy atom. The van der Waals surface area contributed by atoms with Gasteiger partial charge in [-0.15, -0.1) is 0 Å². The van der Waals surface area contributed by atoms with Crippen molar-refractivity contribution in [3.63, 3.8) is 0 Å². The molecule has 0 saturated heterocycles. The van der Waals surface area contributed by atoms with Gasteiger partial charge in [0.25, 0.3) is 0 Å². The Labute approximate surface area is 90.5 Å². The van der Waals surface area contributed by atoms with Crippen molar-refractivity contribution in [2.24, 2.45) is 0 Å². The van der Waals surface area contributed by atoms with Crippen molar-refractivity contribution in [2.45, 2.75) is 25.6 Å². The maximum absolute atomic E-state index is 11.2. The Balaban J connectivity index is -0.000000244. The second-order valence-corrected chi connectivity index (χ2v) is 2.71. The van der Waals surface area contributed by atoms with Crippen LogP contribution in [0.1, 0.15) is 13.3 Å². The summed E-state index contributed by atoms with van der Waals surface area (Å²) >= 11 is 0. The van der Waals surface area contributed by atoms with Gasteiger partial charge in [-0.3, -0.25) is 0 Å². The summed E-state index contributed by atoms with van der Waals surface area (Å²) in [5.41, 5.74) is 0. The van der Waals surface area contributed by atoms with Crippen LogP contribution in [-0.2, 0) is 4.74 Å². The summed E-state index contributed by atoms with van der Waals surface area (Å²) in [5.74, 6) is 0. The molecule has 1 atom stereocenters. The van der Waals surface area contributed by atoms with E-state index < -0.39 is 38.3 Å². The van der Waals surface area contributed by atoms with Gasteiger partial charge in [-0.25, -0.2) is 0 Å². The molecule has 0 aliphatic carbocycles. The first-order valence-corrected chi connectivity index (χ1v) is 4.36. The molecule has 0 heterocycles. The zero-order valence-corrected chi connectivity index (χ0v) is 15.8. The molecule has 102 valence electrons. The maximum Gasteiger partial charge on any atom is 0.353 e. The topological polar surface area (TPSA) is 69.9 Å². The van der Waals surface area contributed by atoms with E-state index in [0.717, 1.165) is 0 Å². The standard InChI is InChI=1S/C5H9F2O3.C3H6F2O.Rf/c6-5(7)3-10-2-4(9)1-8;1-2-3(4,5)6;/h4,8-9H,1-3H2;6H,2H2,1H3;/q-1;;. The third kappa shape index (κ3) is 25.1. The first-order valence-electron chi connectivity index (χ1n) is 4.36. The second-order valence-electron chi connectivity index (χ2n) is 2.71. The van der Waals surface area contributed by atoms with Crippen molar-refractivity contribution in [1.82, 2.24) is 0 Å². The summed E-state index contributed by atoms with van der Waals surface area (Å²) in [5, 5.41) is 24.2. The van der Waals surface area contributed by atoms with E-state index in [9.17, 15) is 17.6 Å². The molecular formula is C8H15F4O4Rf-. The summed E-state index contributed by atoms with van der Waals surface area (Å²) in [6.45, 7) is -0.321. The second kappa shape index (κ2) is 11.1. The van der Waals surface area contributed by atoms with E-state index in [4.69, 9.17) is 15.3 Å². The fraction of sp³-hybridized carbons (Fsp3) is 0.875. The van der Waals surface area contributed by atoms with E-state index in [0.29, 0.717) is 0 Å². The number of hydrogen-bond acceptors (Lipinski definition) is 4. The normalized spacial score (nSPS) is 12.5. The molecule has 0 aromatic carbocycles. The molecule has 4 nitrogen and oxygen atoms in total. The molecular weight excluding hydrogens is 503 g/mol. The molecule has 0 rings (SSSR count). The fourth-order valence-electron chi connectivity index (χ4n) is 0.325. The van der Waals surface area contributed by atoms with Crippen LogP contribution < -0.4 is 0 Å². The van der Waals surface area contributed by atoms with Gasteiger partial charge in [0.05, 0.1) is 13.2 Å². The quantitative estimate of drug-likeness (QED) is 0.359. The van der Waals surface area contributed by atoms with Crippen LogP contribution in [0.3, 0.4) is 0 Å². The van der Waals surface area contributed by atoms with Gasteiger partial charge in [0, 0.05) is 12.8 Å². The molecule has 0 aliphatic heterocycles. The number of aliphatic hydroxyl groups is 3. The molecule has 0 saturated carbocycles. The molecule has 0 aromatic heterocycles. The van der Waals surface area contributed by atoms with Crippen molar-refractivity contribution < 1.29 is 37.6 Å². The van der Waals surface area contributed by atoms with E-state index in [1.54, 1.807) is 0 Å². The Kier molecular flexibility index (Phi) is 13.6. The Morgan fingerprint density at radius 3 is 2.00 bits per heavy atom. The number of rotatable bonds is 6. The first-order chi connectivity index (χ1) is 7.22. The van der Waals surface area contributed by atoms with Crippen molar-refractivity contribution in [3.8, 4) is 0 Å². The SMILES string of the molecule is CCC(O)(F)F.OCC(O)COC[C-](F)F.[Rf]. The Hall–Kier alpha value is -1.44. The predicted octanol–water partition coefficient (Wildman–Crippen LogP) is 0.766. The van der Waals surface area contributed by atoms with E-state index in [1.807, 2.05) is 0 Å². The molecule has 17 heavy (non-hydrogen) atoms. The van der Waals surface area contributed by atoms with Crippen molar-refractivity contribution in [3.05, 3.63) is 6.43 Å². The number of halogens is 4. The van der Waals surface area contributed by atoms with E-state index in [-0.39, 0.29) is 6.61 Å². The average Bonchev–Trinajstić information content (AvgIpc) is 2.17. The fourth-order valence-corrected chi connectivity index (χ4v) is 0.325. The largest absolute Gasteiger partial charge is 0.419 e. The molecule has 0 fully saturated rings. The van der Waals surface area contributed by atoms with Crippen LogP contribution in [0.25, 0.3) is 0 Å². The van der Waals surface area contributed by atoms with Crippen LogP contribution in [0.2, 0.25) is 0 Å². The minimum absolute atomic E-state index is 0. The summed E-state index contributed by atoms with van der Waals surface area (Å²) in [6.07, 6.45) is -6.88. The number of alkyl halides is 2. The third-order valence-electron chi connectivity index (χ3n) is 1.16. The van der Waals surface area contributed by atoms with Crippen molar-refractivity contribution >= 4 is 0 Å². The minimum atomic E-state index is -3.46. The molecule has 0 radical (unpaired) electrons. The number of hydrogen-bond donors (Lipinski definition) is 3. The molecule has 3 N–H and O–H groups in total. The van der Waals surface area contributed by atoms with Gasteiger partial charge in [-0.05, 0) is 6.61 Å². The molecule has 0 bridgehead atoms. The van der Waals surface area contributed by atoms with Gasteiger partial charge in [0.15, 0.2) is 0 Å². The van der Waals surface area contributed by atoms with Gasteiger partial charge in [0.2, 0.25) is 0 Å². The summed E-state index contributed by atoms with van der Waals surface area (Å²) < 4.78 is 48.7. The molecule has 0 spiro atoms. The predicted molar refractivity (Wildman–Crippen MR) is 46.8 cm³/mol. The monoisotopic (exact) mass is 518 g/mol. The summed E-state index contributed by atoms with van der Waals surface area (Å²) in [7, 11) is 0. The number of ether oxygens (including phenoxy) is 1. The molecule has 0 aromatic rings. The zero-order valence-electron chi connectivity index (χ0n) is 9.37. The Morgan fingerprint density at radius 1 is 1.35 bits per heavy atom. The van der Waals surface area contributed by atoms with Gasteiger partial charge in [0.1, 0.15) is 6.10 Å². The molecule has 1 unspecified atom stereocenters. The van der Waals surface area contributed by atoms with Gasteiger partial charge >= 0.3 is 6.11 Å². The average molecular weight is 518 g/mol. The van der Waals surface area contributed by atoms with Crippen LogP contribution in [0.15, 0.2) is 0 Å². The van der Waals surface area contributed by atoms with Crippen LogP contribution in [-0.4, -0.2) is 47.4 Å². The van der Waals surface area contributed by atoms with Crippen LogP contribution in [0.4, 0.5) is 17.6 Å². The first kappa shape index (κ1) is 20.9. The summed E-state index contributed by atoms with van der Waals surface area (Å²) in [6, 6.07) is 0. The smallest absolute Gasteiger partial charge is 0.353 e. The van der Waals surface area contributed by atoms with Crippen LogP contribution in [0.5, 0.6) is 0 Å². The minimum Gasteiger partial charge on any atom is -0.419 e. The van der Waals surface area contributed by atoms with Gasteiger partial charge in [-0.1, -0.05) is 6.92 Å². The molecule has 0 amide bonds. The van der Waals surface area contributed by atoms with Crippen LogP contribution >= 0.6 is 0 Å². The molecule has 9 heteroatoms. The van der Waals surface area contributed by atoms with E-state index in [1.165, 1.54) is 6.92 Å². The number of aliphatic hydroxyl groups excluding tert-OH is 2. The van der Waals surface area contributed by atoms with E-state index in [2.05, 4.69) is 4.74 Å². The third-order valence-corrected chi connectivity index (χ3v) is 1.16. The zero-order chi connectivity index (χ0) is 13.2. The molecule has 0 aliphatic rings. The maximum atomic E-state index is 11.2. The van der Waals surface area contributed by atoms with Crippen molar-refractivity contribution in [2.75, 3.05) is 19.8 Å². The van der Waals surface area contributed by atoms with E-state index >= 15 is 0 Å². The van der Waals surface area contributed by atoms with Crippen LogP contribution in [0, 0.1) is 6.43 Å². The summed E-state index contributed by atoms with van der Waals surface area (Å²) in [4.78, 5) is 0. The Bertz CT molecular complexity index is 157.